The number of anilines is 1. The fraction of sp³-hybridized carbons (Fsp3) is 0.500. The van der Waals surface area contributed by atoms with Gasteiger partial charge in [0.05, 0.1) is 25.8 Å². The zero-order chi connectivity index (χ0) is 24.0. The number of aromatic nitrogens is 6. The number of halogens is 2. The van der Waals surface area contributed by atoms with Crippen molar-refractivity contribution >= 4 is 22.5 Å². The summed E-state index contributed by atoms with van der Waals surface area (Å²) in [6, 6.07) is 7.95. The van der Waals surface area contributed by atoms with Crippen LogP contribution in [0.4, 0.5) is 14.7 Å². The highest BCUT2D eigenvalue weighted by atomic mass is 19.3. The minimum atomic E-state index is -2.39. The molecule has 2 fully saturated rings. The van der Waals surface area contributed by atoms with Crippen LogP contribution in [-0.2, 0) is 11.3 Å². The van der Waals surface area contributed by atoms with Gasteiger partial charge in [0.15, 0.2) is 0 Å². The summed E-state index contributed by atoms with van der Waals surface area (Å²) >= 11 is 0. The van der Waals surface area contributed by atoms with Gasteiger partial charge >= 0.3 is 0 Å². The Morgan fingerprint density at radius 3 is 2.77 bits per heavy atom. The molecule has 0 atom stereocenters. The quantitative estimate of drug-likeness (QED) is 0.422. The summed E-state index contributed by atoms with van der Waals surface area (Å²) in [6.45, 7) is 1.87. The maximum absolute atomic E-state index is 12.7. The molecule has 1 N–H and O–H groups in total. The number of alkyl halides is 2. The van der Waals surface area contributed by atoms with Crippen molar-refractivity contribution in [2.75, 3.05) is 25.6 Å². The summed E-state index contributed by atoms with van der Waals surface area (Å²) in [6.07, 6.45) is 3.66. The van der Waals surface area contributed by atoms with Crippen molar-refractivity contribution in [2.45, 2.75) is 51.1 Å². The second-order valence-electron chi connectivity index (χ2n) is 9.57. The molecule has 1 aromatic carbocycles. The molecule has 0 radical (unpaired) electrons. The van der Waals surface area contributed by atoms with E-state index < -0.39 is 6.43 Å². The van der Waals surface area contributed by atoms with E-state index in [2.05, 4.69) is 25.7 Å². The van der Waals surface area contributed by atoms with Crippen molar-refractivity contribution in [3.05, 3.63) is 30.5 Å². The highest BCUT2D eigenvalue weighted by Gasteiger charge is 2.41. The van der Waals surface area contributed by atoms with Crippen LogP contribution < -0.4 is 10.1 Å². The Kier molecular flexibility index (Phi) is 5.51. The molecule has 1 saturated heterocycles. The molecule has 35 heavy (non-hydrogen) atoms. The van der Waals surface area contributed by atoms with Crippen LogP contribution in [0.15, 0.2) is 30.5 Å². The van der Waals surface area contributed by atoms with E-state index >= 15 is 0 Å². The van der Waals surface area contributed by atoms with Crippen LogP contribution in [0.3, 0.4) is 0 Å². The van der Waals surface area contributed by atoms with Crippen LogP contribution in [-0.4, -0.2) is 62.4 Å². The van der Waals surface area contributed by atoms with Crippen LogP contribution >= 0.6 is 0 Å². The molecule has 2 aliphatic rings. The summed E-state index contributed by atoms with van der Waals surface area (Å²) < 4.78 is 39.8. The van der Waals surface area contributed by atoms with Gasteiger partial charge in [-0.3, -0.25) is 0 Å². The third kappa shape index (κ3) is 4.07. The van der Waals surface area contributed by atoms with Gasteiger partial charge in [-0.25, -0.2) is 18.0 Å². The monoisotopic (exact) mass is 483 g/mol. The molecule has 4 aromatic rings. The second-order valence-corrected chi connectivity index (χ2v) is 9.57. The van der Waals surface area contributed by atoms with Gasteiger partial charge < -0.3 is 14.8 Å². The number of benzene rings is 1. The number of hydrogen-bond donors (Lipinski definition) is 1. The molecule has 4 heterocycles. The van der Waals surface area contributed by atoms with E-state index in [1.807, 2.05) is 30.5 Å². The molecule has 1 spiro atoms. The van der Waals surface area contributed by atoms with Gasteiger partial charge in [-0.2, -0.15) is 4.98 Å². The average molecular weight is 484 g/mol. The van der Waals surface area contributed by atoms with Crippen molar-refractivity contribution in [1.29, 1.82) is 0 Å². The standard InChI is InChI=1S/C24H27F2N7O2/c1-34-22-21-17(15-2-3-18-19(12-15)32(31-29-18)11-7-20(25)26)6-10-33(21)30-23(28-22)27-16-4-8-24(9-5-16)13-35-14-24/h2-3,6,10,12,16,20H,4-5,7-9,11,13-14H2,1H3,(H,27,30). The van der Waals surface area contributed by atoms with Gasteiger partial charge in [-0.1, -0.05) is 11.3 Å². The zero-order valence-corrected chi connectivity index (χ0v) is 19.5. The van der Waals surface area contributed by atoms with Crippen molar-refractivity contribution in [1.82, 2.24) is 29.6 Å². The minimum absolute atomic E-state index is 0.102. The first kappa shape index (κ1) is 22.1. The van der Waals surface area contributed by atoms with E-state index in [0.717, 1.165) is 55.5 Å². The summed E-state index contributed by atoms with van der Waals surface area (Å²) in [5, 5.41) is 16.3. The molecule has 0 amide bonds. The van der Waals surface area contributed by atoms with Crippen LogP contribution in [0.2, 0.25) is 0 Å². The largest absolute Gasteiger partial charge is 0.479 e. The van der Waals surface area contributed by atoms with Gasteiger partial charge in [0, 0.05) is 36.2 Å². The zero-order valence-electron chi connectivity index (χ0n) is 19.5. The van der Waals surface area contributed by atoms with Crippen molar-refractivity contribution < 1.29 is 18.3 Å². The van der Waals surface area contributed by atoms with Crippen LogP contribution in [0.1, 0.15) is 32.1 Å². The first-order valence-electron chi connectivity index (χ1n) is 11.9. The van der Waals surface area contributed by atoms with Gasteiger partial charge in [0.2, 0.25) is 18.3 Å². The second kappa shape index (κ2) is 8.71. The van der Waals surface area contributed by atoms with Crippen LogP contribution in [0.25, 0.3) is 27.7 Å². The highest BCUT2D eigenvalue weighted by molar-refractivity contribution is 5.89. The lowest BCUT2D eigenvalue weighted by Crippen LogP contribution is -2.47. The maximum Gasteiger partial charge on any atom is 0.244 e. The first-order valence-corrected chi connectivity index (χ1v) is 11.9. The third-order valence-electron chi connectivity index (χ3n) is 7.25. The minimum Gasteiger partial charge on any atom is -0.479 e. The Morgan fingerprint density at radius 2 is 2.06 bits per heavy atom. The summed E-state index contributed by atoms with van der Waals surface area (Å²) in [4.78, 5) is 4.66. The van der Waals surface area contributed by atoms with Crippen LogP contribution in [0.5, 0.6) is 5.88 Å². The number of nitrogens with one attached hydrogen (secondary N) is 1. The number of ether oxygens (including phenoxy) is 2. The van der Waals surface area contributed by atoms with Crippen molar-refractivity contribution in [3.63, 3.8) is 0 Å². The number of rotatable bonds is 7. The van der Waals surface area contributed by atoms with Gasteiger partial charge in [0.1, 0.15) is 11.0 Å². The number of fused-ring (bicyclic) bond motifs is 2. The molecule has 0 unspecified atom stereocenters. The molecule has 0 bridgehead atoms. The van der Waals surface area contributed by atoms with Crippen molar-refractivity contribution in [2.24, 2.45) is 5.41 Å². The summed E-state index contributed by atoms with van der Waals surface area (Å²) in [5.74, 6) is 0.999. The Bertz CT molecular complexity index is 1350. The van der Waals surface area contributed by atoms with E-state index in [1.54, 1.807) is 11.6 Å². The summed E-state index contributed by atoms with van der Waals surface area (Å²) in [7, 11) is 1.59. The number of aryl methyl sites for hydroxylation is 1. The lowest BCUT2D eigenvalue weighted by molar-refractivity contribution is -0.131. The number of methoxy groups -OCH3 is 1. The normalized spacial score (nSPS) is 17.9. The Hall–Kier alpha value is -3.34. The van der Waals surface area contributed by atoms with Crippen molar-refractivity contribution in [3.8, 4) is 17.0 Å². The molecule has 1 aliphatic carbocycles. The molecule has 11 heteroatoms. The molecule has 184 valence electrons. The van der Waals surface area contributed by atoms with Gasteiger partial charge in [0.25, 0.3) is 0 Å². The molecule has 1 saturated carbocycles. The molecule has 1 aliphatic heterocycles. The highest BCUT2D eigenvalue weighted by Crippen LogP contribution is 2.42. The Balaban J connectivity index is 1.29. The lowest BCUT2D eigenvalue weighted by Gasteiger charge is -2.46. The first-order chi connectivity index (χ1) is 17.0. The Labute approximate surface area is 200 Å². The smallest absolute Gasteiger partial charge is 0.244 e. The predicted octanol–water partition coefficient (Wildman–Crippen LogP) is 4.18. The van der Waals surface area contributed by atoms with Crippen LogP contribution in [0, 0.1) is 5.41 Å². The lowest BCUT2D eigenvalue weighted by atomic mass is 9.71. The maximum atomic E-state index is 12.7. The Morgan fingerprint density at radius 1 is 1.23 bits per heavy atom. The predicted molar refractivity (Wildman–Crippen MR) is 126 cm³/mol. The molecule has 3 aromatic heterocycles. The van der Waals surface area contributed by atoms with E-state index in [1.165, 1.54) is 4.68 Å². The fourth-order valence-electron chi connectivity index (χ4n) is 5.18. The topological polar surface area (TPSA) is 91.4 Å². The van der Waals surface area contributed by atoms with E-state index in [0.29, 0.717) is 34.3 Å². The summed E-state index contributed by atoms with van der Waals surface area (Å²) in [5.41, 5.74) is 4.24. The van der Waals surface area contributed by atoms with Gasteiger partial charge in [-0.15, -0.1) is 10.2 Å². The SMILES string of the molecule is COc1nc(NC2CCC3(CC2)COC3)nn2ccc(-c3ccc4nnn(CCC(F)F)c4c3)c12. The van der Waals surface area contributed by atoms with E-state index in [4.69, 9.17) is 9.47 Å². The third-order valence-corrected chi connectivity index (χ3v) is 7.25. The molecule has 6 rings (SSSR count). The molecular weight excluding hydrogens is 456 g/mol. The number of nitrogens with zero attached hydrogens (tertiary/aromatic N) is 6. The molecule has 9 nitrogen and oxygen atoms in total. The van der Waals surface area contributed by atoms with Gasteiger partial charge in [-0.05, 0) is 49.4 Å². The fourth-order valence-corrected chi connectivity index (χ4v) is 5.18. The average Bonchev–Trinajstić information content (AvgIpc) is 3.45. The van der Waals surface area contributed by atoms with E-state index in [9.17, 15) is 8.78 Å². The number of hydrogen-bond acceptors (Lipinski definition) is 7. The van der Waals surface area contributed by atoms with E-state index in [-0.39, 0.29) is 13.0 Å². The molecular formula is C24H27F2N7O2.